The van der Waals surface area contributed by atoms with Crippen molar-refractivity contribution in [1.29, 1.82) is 0 Å². The Balaban J connectivity index is 1.38. The van der Waals surface area contributed by atoms with E-state index in [1.807, 2.05) is 50.2 Å². The lowest BCUT2D eigenvalue weighted by Gasteiger charge is -2.15. The molecule has 37 heavy (non-hydrogen) atoms. The molecule has 1 atom stereocenters. The first kappa shape index (κ1) is 25.1. The Morgan fingerprint density at radius 2 is 1.76 bits per heavy atom. The highest BCUT2D eigenvalue weighted by atomic mass is 32.2. The van der Waals surface area contributed by atoms with E-state index in [0.29, 0.717) is 16.9 Å². The lowest BCUT2D eigenvalue weighted by Crippen LogP contribution is -2.43. The van der Waals surface area contributed by atoms with Gasteiger partial charge >= 0.3 is 11.6 Å². The van der Waals surface area contributed by atoms with E-state index in [0.717, 1.165) is 58.9 Å². The summed E-state index contributed by atoms with van der Waals surface area (Å²) >= 11 is 1.43. The Hall–Kier alpha value is -3.52. The van der Waals surface area contributed by atoms with Crippen LogP contribution in [0.1, 0.15) is 46.4 Å². The lowest BCUT2D eigenvalue weighted by atomic mass is 9.93. The van der Waals surface area contributed by atoms with Crippen molar-refractivity contribution in [3.8, 4) is 0 Å². The molecule has 5 rings (SSSR count). The van der Waals surface area contributed by atoms with Gasteiger partial charge in [-0.3, -0.25) is 4.79 Å². The number of rotatable bonds is 8. The number of hydrogen-bond donors (Lipinski definition) is 2. The molecule has 8 heteroatoms. The van der Waals surface area contributed by atoms with Gasteiger partial charge in [0.1, 0.15) is 23.0 Å². The fourth-order valence-electron chi connectivity index (χ4n) is 5.07. The number of aryl methyl sites for hydroxylation is 4. The number of carbonyl (C=O) groups is 2. The first-order chi connectivity index (χ1) is 17.8. The second kappa shape index (κ2) is 10.5. The van der Waals surface area contributed by atoms with Crippen molar-refractivity contribution in [2.45, 2.75) is 57.7 Å². The van der Waals surface area contributed by atoms with Gasteiger partial charge in [-0.2, -0.15) is 11.8 Å². The maximum absolute atomic E-state index is 12.9. The first-order valence-corrected chi connectivity index (χ1v) is 13.6. The second-order valence-corrected chi connectivity index (χ2v) is 10.6. The highest BCUT2D eigenvalue weighted by Gasteiger charge is 2.25. The fraction of sp³-hybridized carbons (Fsp3) is 0.345. The number of carboxylic acids is 1. The number of fused-ring (bicyclic) bond motifs is 4. The van der Waals surface area contributed by atoms with E-state index in [1.54, 1.807) is 0 Å². The Labute approximate surface area is 218 Å². The molecule has 2 aromatic carbocycles. The van der Waals surface area contributed by atoms with Gasteiger partial charge in [0.2, 0.25) is 5.91 Å². The van der Waals surface area contributed by atoms with Crippen molar-refractivity contribution in [2.24, 2.45) is 0 Å². The molecule has 2 aromatic heterocycles. The van der Waals surface area contributed by atoms with Gasteiger partial charge in [-0.05, 0) is 50.3 Å². The molecule has 0 fully saturated rings. The van der Waals surface area contributed by atoms with Gasteiger partial charge in [0.15, 0.2) is 0 Å². The number of aliphatic carboxylic acids is 1. The van der Waals surface area contributed by atoms with Crippen LogP contribution in [0.25, 0.3) is 21.9 Å². The average molecular weight is 520 g/mol. The Morgan fingerprint density at radius 3 is 2.51 bits per heavy atom. The minimum Gasteiger partial charge on any atom is -0.480 e. The monoisotopic (exact) mass is 519 g/mol. The third kappa shape index (κ3) is 5.03. The zero-order chi connectivity index (χ0) is 26.1. The second-order valence-electron chi connectivity index (χ2n) is 9.59. The molecule has 4 aromatic rings. The van der Waals surface area contributed by atoms with Gasteiger partial charge in [0.05, 0.1) is 12.0 Å². The summed E-state index contributed by atoms with van der Waals surface area (Å²) in [6.45, 7) is 3.70. The smallest absolute Gasteiger partial charge is 0.340 e. The van der Waals surface area contributed by atoms with Gasteiger partial charge in [0, 0.05) is 39.8 Å². The van der Waals surface area contributed by atoms with E-state index >= 15 is 0 Å². The Kier molecular flexibility index (Phi) is 7.11. The van der Waals surface area contributed by atoms with Crippen molar-refractivity contribution in [3.05, 3.63) is 80.4 Å². The molecule has 1 amide bonds. The number of furan rings is 1. The standard InChI is InChI=1S/C29H29NO6S/c1-16-20-12-22-19-10-6-7-11-24(19)35-27(22)17(2)26(20)36-29(34)21(16)13-25(31)30-23(28(32)33)15-37-14-18-8-4-3-5-9-18/h3-5,8-9,12,23H,6-7,10-11,13-15H2,1-2H3,(H,30,31)(H,32,33). The summed E-state index contributed by atoms with van der Waals surface area (Å²) in [5.41, 5.74) is 4.60. The highest BCUT2D eigenvalue weighted by Crippen LogP contribution is 2.37. The summed E-state index contributed by atoms with van der Waals surface area (Å²) < 4.78 is 11.8. The Morgan fingerprint density at radius 1 is 1.03 bits per heavy atom. The Bertz CT molecular complexity index is 1550. The summed E-state index contributed by atoms with van der Waals surface area (Å²) in [5.74, 6) is 0.215. The summed E-state index contributed by atoms with van der Waals surface area (Å²) in [7, 11) is 0. The molecule has 0 bridgehead atoms. The van der Waals surface area contributed by atoms with Crippen LogP contribution >= 0.6 is 11.8 Å². The molecule has 1 unspecified atom stereocenters. The average Bonchev–Trinajstić information content (AvgIpc) is 3.26. The zero-order valence-corrected chi connectivity index (χ0v) is 21.7. The number of carbonyl (C=O) groups excluding carboxylic acids is 1. The van der Waals surface area contributed by atoms with Crippen LogP contribution in [-0.4, -0.2) is 28.8 Å². The SMILES string of the molecule is Cc1c(CC(=O)NC(CSCc2ccccc2)C(=O)O)c(=O)oc2c(C)c3oc4c(c3cc12)CCCC4. The predicted molar refractivity (Wildman–Crippen MR) is 144 cm³/mol. The van der Waals surface area contributed by atoms with E-state index in [-0.39, 0.29) is 17.7 Å². The van der Waals surface area contributed by atoms with Crippen molar-refractivity contribution in [2.75, 3.05) is 5.75 Å². The predicted octanol–water partition coefficient (Wildman–Crippen LogP) is 5.08. The molecule has 0 saturated heterocycles. The molecule has 0 spiro atoms. The van der Waals surface area contributed by atoms with Crippen LogP contribution in [0.15, 0.2) is 50.0 Å². The summed E-state index contributed by atoms with van der Waals surface area (Å²) in [6.07, 6.45) is 3.82. The van der Waals surface area contributed by atoms with Crippen LogP contribution in [0.5, 0.6) is 0 Å². The molecule has 0 aliphatic heterocycles. The minimum absolute atomic E-state index is 0.212. The number of hydrogen-bond acceptors (Lipinski definition) is 6. The quantitative estimate of drug-likeness (QED) is 0.312. The van der Waals surface area contributed by atoms with E-state index in [1.165, 1.54) is 17.3 Å². The number of amides is 1. The molecular formula is C29H29NO6S. The van der Waals surface area contributed by atoms with Crippen LogP contribution in [0.2, 0.25) is 0 Å². The normalized spacial score (nSPS) is 14.0. The zero-order valence-electron chi connectivity index (χ0n) is 20.9. The molecule has 1 aliphatic rings. The van der Waals surface area contributed by atoms with Gasteiger partial charge in [-0.1, -0.05) is 30.3 Å². The number of benzene rings is 2. The highest BCUT2D eigenvalue weighted by molar-refractivity contribution is 7.98. The lowest BCUT2D eigenvalue weighted by molar-refractivity contribution is -0.141. The van der Waals surface area contributed by atoms with Crippen molar-refractivity contribution < 1.29 is 23.5 Å². The number of thioether (sulfide) groups is 1. The van der Waals surface area contributed by atoms with Crippen molar-refractivity contribution in [1.82, 2.24) is 5.32 Å². The summed E-state index contributed by atoms with van der Waals surface area (Å²) in [5, 5.41) is 14.0. The minimum atomic E-state index is -1.11. The van der Waals surface area contributed by atoms with Gasteiger partial charge in [-0.25, -0.2) is 9.59 Å². The van der Waals surface area contributed by atoms with E-state index in [2.05, 4.69) is 5.32 Å². The van der Waals surface area contributed by atoms with Crippen LogP contribution in [0, 0.1) is 13.8 Å². The third-order valence-corrected chi connectivity index (χ3v) is 8.20. The van der Waals surface area contributed by atoms with Crippen molar-refractivity contribution in [3.63, 3.8) is 0 Å². The largest absolute Gasteiger partial charge is 0.480 e. The number of carboxylic acid groups (broad SMARTS) is 1. The van der Waals surface area contributed by atoms with E-state index in [4.69, 9.17) is 8.83 Å². The molecule has 1 aliphatic carbocycles. The molecular weight excluding hydrogens is 490 g/mol. The number of nitrogens with one attached hydrogen (secondary N) is 1. The van der Waals surface area contributed by atoms with Crippen LogP contribution < -0.4 is 10.9 Å². The first-order valence-electron chi connectivity index (χ1n) is 12.5. The van der Waals surface area contributed by atoms with E-state index in [9.17, 15) is 19.5 Å². The molecule has 0 radical (unpaired) electrons. The summed E-state index contributed by atoms with van der Waals surface area (Å²) in [4.78, 5) is 37.5. The van der Waals surface area contributed by atoms with Crippen molar-refractivity contribution >= 4 is 45.6 Å². The van der Waals surface area contributed by atoms with Crippen LogP contribution in [0.3, 0.4) is 0 Å². The molecule has 2 heterocycles. The maximum atomic E-state index is 12.9. The van der Waals surface area contributed by atoms with Gasteiger partial charge in [0.25, 0.3) is 0 Å². The summed E-state index contributed by atoms with van der Waals surface area (Å²) in [6, 6.07) is 10.7. The topological polar surface area (TPSA) is 110 Å². The van der Waals surface area contributed by atoms with Crippen LogP contribution in [-0.2, 0) is 34.6 Å². The molecule has 7 nitrogen and oxygen atoms in total. The molecule has 192 valence electrons. The van der Waals surface area contributed by atoms with E-state index < -0.39 is 23.5 Å². The van der Waals surface area contributed by atoms with Crippen LogP contribution in [0.4, 0.5) is 0 Å². The van der Waals surface area contributed by atoms with Gasteiger partial charge in [-0.15, -0.1) is 0 Å². The fourth-order valence-corrected chi connectivity index (χ4v) is 6.08. The maximum Gasteiger partial charge on any atom is 0.340 e. The van der Waals surface area contributed by atoms with Gasteiger partial charge < -0.3 is 19.3 Å². The molecule has 0 saturated carbocycles. The molecule has 2 N–H and O–H groups in total. The third-order valence-electron chi connectivity index (χ3n) is 7.09.